The van der Waals surface area contributed by atoms with E-state index in [0.717, 1.165) is 11.1 Å². The third kappa shape index (κ3) is 5.71. The molecule has 3 aromatic rings. The van der Waals surface area contributed by atoms with Crippen LogP contribution in [0.5, 0.6) is 0 Å². The number of halogens is 2. The normalized spacial score (nSPS) is 10.9. The van der Waals surface area contributed by atoms with Gasteiger partial charge in [-0.25, -0.2) is 8.78 Å². The molecule has 1 aromatic heterocycles. The molecule has 156 valence electrons. The molecule has 7 nitrogen and oxygen atoms in total. The van der Waals surface area contributed by atoms with Gasteiger partial charge in [-0.3, -0.25) is 14.9 Å². The van der Waals surface area contributed by atoms with Crippen molar-refractivity contribution in [2.24, 2.45) is 0 Å². The van der Waals surface area contributed by atoms with E-state index in [9.17, 15) is 13.6 Å². The summed E-state index contributed by atoms with van der Waals surface area (Å²) in [6.45, 7) is 0.445. The highest BCUT2D eigenvalue weighted by atomic mass is 19.3. The highest BCUT2D eigenvalue weighted by molar-refractivity contribution is 6.48. The van der Waals surface area contributed by atoms with Gasteiger partial charge >= 0.3 is 0 Å². The molecule has 0 atom stereocenters. The molecule has 0 saturated carbocycles. The Kier molecular flexibility index (Phi) is 6.87. The van der Waals surface area contributed by atoms with Crippen molar-refractivity contribution in [1.82, 2.24) is 15.1 Å². The first-order chi connectivity index (χ1) is 14.4. The lowest BCUT2D eigenvalue weighted by atomic mass is 10.1. The molecule has 0 fully saturated rings. The lowest BCUT2D eigenvalue weighted by molar-refractivity contribution is -0.110. The molecule has 0 radical (unpaired) electrons. The molecule has 1 heterocycles. The Hall–Kier alpha value is -3.59. The van der Waals surface area contributed by atoms with Crippen LogP contribution in [-0.4, -0.2) is 34.4 Å². The Balaban J connectivity index is 1.59. The average Bonchev–Trinajstić information content (AvgIpc) is 3.14. The molecule has 0 aliphatic heterocycles. The van der Waals surface area contributed by atoms with Crippen molar-refractivity contribution >= 4 is 23.0 Å². The summed E-state index contributed by atoms with van der Waals surface area (Å²) >= 11 is 0. The van der Waals surface area contributed by atoms with E-state index in [1.165, 1.54) is 6.20 Å². The molecule has 2 aromatic carbocycles. The van der Waals surface area contributed by atoms with E-state index in [2.05, 4.69) is 15.7 Å². The van der Waals surface area contributed by atoms with Gasteiger partial charge in [0.25, 0.3) is 12.3 Å². The van der Waals surface area contributed by atoms with Gasteiger partial charge in [0.05, 0.1) is 25.0 Å². The van der Waals surface area contributed by atoms with Crippen LogP contribution in [0.25, 0.3) is 0 Å². The van der Waals surface area contributed by atoms with Crippen molar-refractivity contribution in [2.75, 3.05) is 17.6 Å². The minimum Gasteiger partial charge on any atom is -0.398 e. The van der Waals surface area contributed by atoms with Crippen LogP contribution >= 0.6 is 0 Å². The van der Waals surface area contributed by atoms with Crippen molar-refractivity contribution in [2.45, 2.75) is 19.5 Å². The van der Waals surface area contributed by atoms with Gasteiger partial charge in [0.1, 0.15) is 5.71 Å². The van der Waals surface area contributed by atoms with Crippen LogP contribution in [0.3, 0.4) is 0 Å². The first-order valence-corrected chi connectivity index (χ1v) is 9.26. The minimum absolute atomic E-state index is 0.232. The predicted molar refractivity (Wildman–Crippen MR) is 112 cm³/mol. The Morgan fingerprint density at radius 3 is 2.70 bits per heavy atom. The van der Waals surface area contributed by atoms with Gasteiger partial charge in [-0.2, -0.15) is 5.10 Å². The number of nitrogens with two attached hydrogens (primary N) is 1. The Morgan fingerprint density at radius 1 is 1.17 bits per heavy atom. The fourth-order valence-electron chi connectivity index (χ4n) is 2.91. The number of carbonyl (C=O) groups is 1. The second-order valence-electron chi connectivity index (χ2n) is 6.68. The molecule has 9 heteroatoms. The monoisotopic (exact) mass is 412 g/mol. The zero-order valence-corrected chi connectivity index (χ0v) is 16.1. The maximum Gasteiger partial charge on any atom is 0.274 e. The van der Waals surface area contributed by atoms with Crippen molar-refractivity contribution in [3.05, 3.63) is 77.6 Å². The van der Waals surface area contributed by atoms with Crippen LogP contribution in [0.2, 0.25) is 0 Å². The highest BCUT2D eigenvalue weighted by Gasteiger charge is 2.15. The van der Waals surface area contributed by atoms with E-state index in [1.807, 2.05) is 24.3 Å². The first kappa shape index (κ1) is 21.1. The van der Waals surface area contributed by atoms with Crippen molar-refractivity contribution in [1.29, 1.82) is 5.41 Å². The van der Waals surface area contributed by atoms with Gasteiger partial charge in [-0.1, -0.05) is 42.5 Å². The molecule has 0 aliphatic rings. The second-order valence-corrected chi connectivity index (χ2v) is 6.68. The Morgan fingerprint density at radius 2 is 1.93 bits per heavy atom. The lowest BCUT2D eigenvalue weighted by Gasteiger charge is -2.08. The first-order valence-electron chi connectivity index (χ1n) is 9.26. The number of hydrogen-bond acceptors (Lipinski definition) is 5. The van der Waals surface area contributed by atoms with Gasteiger partial charge in [-0.15, -0.1) is 0 Å². The number of rotatable bonds is 9. The van der Waals surface area contributed by atoms with Crippen LogP contribution in [0, 0.1) is 5.41 Å². The van der Waals surface area contributed by atoms with Crippen LogP contribution < -0.4 is 16.4 Å². The van der Waals surface area contributed by atoms with Crippen molar-refractivity contribution in [3.8, 4) is 0 Å². The number of nitrogens with zero attached hydrogens (tertiary/aromatic N) is 2. The van der Waals surface area contributed by atoms with E-state index in [4.69, 9.17) is 11.1 Å². The zero-order valence-electron chi connectivity index (χ0n) is 16.1. The SMILES string of the molecule is N=C(C(=O)Nc1cnn(Cc2cccc(CNCC(F)F)c2)c1)c1ccccc1N. The molecule has 3 rings (SSSR count). The van der Waals surface area contributed by atoms with Crippen LogP contribution in [-0.2, 0) is 17.9 Å². The molecule has 5 N–H and O–H groups in total. The number of nitrogen functional groups attached to an aromatic ring is 1. The smallest absolute Gasteiger partial charge is 0.274 e. The number of benzene rings is 2. The Bertz CT molecular complexity index is 1030. The number of nitrogens with one attached hydrogen (secondary N) is 3. The van der Waals surface area contributed by atoms with Gasteiger partial charge in [0.15, 0.2) is 0 Å². The van der Waals surface area contributed by atoms with Crippen LogP contribution in [0.1, 0.15) is 16.7 Å². The van der Waals surface area contributed by atoms with Crippen molar-refractivity contribution < 1.29 is 13.6 Å². The zero-order chi connectivity index (χ0) is 21.5. The number of amides is 1. The van der Waals surface area contributed by atoms with Gasteiger partial charge in [0.2, 0.25) is 0 Å². The molecule has 0 spiro atoms. The molecule has 30 heavy (non-hydrogen) atoms. The summed E-state index contributed by atoms with van der Waals surface area (Å²) in [5.74, 6) is -0.584. The average molecular weight is 412 g/mol. The number of carbonyl (C=O) groups excluding carboxylic acids is 1. The largest absolute Gasteiger partial charge is 0.398 e. The summed E-state index contributed by atoms with van der Waals surface area (Å²) < 4.78 is 26.1. The summed E-state index contributed by atoms with van der Waals surface area (Å²) in [6.07, 6.45) is 0.764. The predicted octanol–water partition coefficient (Wildman–Crippen LogP) is 2.87. The molecular weight excluding hydrogens is 390 g/mol. The number of hydrogen-bond donors (Lipinski definition) is 4. The summed E-state index contributed by atoms with van der Waals surface area (Å²) in [6, 6.07) is 14.2. The van der Waals surface area contributed by atoms with Crippen molar-refractivity contribution in [3.63, 3.8) is 0 Å². The maximum atomic E-state index is 12.3. The Labute approximate surface area is 172 Å². The van der Waals surface area contributed by atoms with Gasteiger partial charge < -0.3 is 16.4 Å². The molecule has 0 saturated heterocycles. The maximum absolute atomic E-state index is 12.3. The molecule has 0 aliphatic carbocycles. The van der Waals surface area contributed by atoms with Crippen LogP contribution in [0.15, 0.2) is 60.9 Å². The van der Waals surface area contributed by atoms with Gasteiger partial charge in [0, 0.05) is 24.0 Å². The van der Waals surface area contributed by atoms with Crippen LogP contribution in [0.4, 0.5) is 20.2 Å². The summed E-state index contributed by atoms with van der Waals surface area (Å²) in [7, 11) is 0. The minimum atomic E-state index is -2.38. The number of aromatic nitrogens is 2. The standard InChI is InChI=1S/C21H22F2N6O/c22-19(23)11-26-9-14-4-3-5-15(8-14)12-29-13-16(10-27-29)28-21(30)20(25)17-6-1-2-7-18(17)24/h1-8,10,13,19,25-26H,9,11-12,24H2,(H,28,30). The summed E-state index contributed by atoms with van der Waals surface area (Å²) in [5.41, 5.74) is 8.59. The quantitative estimate of drug-likeness (QED) is 0.320. The topological polar surface area (TPSA) is 109 Å². The number of anilines is 2. The third-order valence-electron chi connectivity index (χ3n) is 4.31. The molecule has 0 unspecified atom stereocenters. The summed E-state index contributed by atoms with van der Waals surface area (Å²) in [4.78, 5) is 12.3. The number of alkyl halides is 2. The lowest BCUT2D eigenvalue weighted by Crippen LogP contribution is -2.23. The fourth-order valence-corrected chi connectivity index (χ4v) is 2.91. The van der Waals surface area contributed by atoms with E-state index >= 15 is 0 Å². The summed E-state index contributed by atoms with van der Waals surface area (Å²) in [5, 5.41) is 17.6. The molecule has 1 amide bonds. The second kappa shape index (κ2) is 9.75. The fraction of sp³-hybridized carbons (Fsp3) is 0.190. The highest BCUT2D eigenvalue weighted by Crippen LogP contribution is 2.14. The van der Waals surface area contributed by atoms with E-state index in [1.54, 1.807) is 35.1 Å². The van der Waals surface area contributed by atoms with E-state index < -0.39 is 12.3 Å². The molecular formula is C21H22F2N6O. The van der Waals surface area contributed by atoms with Gasteiger partial charge in [-0.05, 0) is 17.2 Å². The third-order valence-corrected chi connectivity index (χ3v) is 4.31. The van der Waals surface area contributed by atoms with E-state index in [-0.39, 0.29) is 12.3 Å². The van der Waals surface area contributed by atoms with E-state index in [0.29, 0.717) is 30.0 Å². The number of para-hydroxylation sites is 1. The molecule has 0 bridgehead atoms.